The normalized spacial score (nSPS) is 10.3. The Morgan fingerprint density at radius 1 is 1.06 bits per heavy atom. The van der Waals surface area contributed by atoms with E-state index >= 15 is 0 Å². The minimum Gasteiger partial charge on any atom is -0.207 e. The molecule has 18 heavy (non-hydrogen) atoms. The maximum absolute atomic E-state index is 13.0. The fourth-order valence-corrected chi connectivity index (χ4v) is 1.56. The summed E-state index contributed by atoms with van der Waals surface area (Å²) in [6.07, 6.45) is 3.56. The summed E-state index contributed by atoms with van der Waals surface area (Å²) < 4.78 is 13.0. The van der Waals surface area contributed by atoms with Crippen LogP contribution in [0.3, 0.4) is 0 Å². The van der Waals surface area contributed by atoms with Gasteiger partial charge >= 0.3 is 0 Å². The first-order chi connectivity index (χ1) is 8.79. The molecule has 0 bridgehead atoms. The van der Waals surface area contributed by atoms with E-state index in [1.54, 1.807) is 36.4 Å². The molecule has 4 heteroatoms. The molecule has 0 aliphatic carbocycles. The van der Waals surface area contributed by atoms with Crippen LogP contribution in [0.2, 0.25) is 0 Å². The zero-order chi connectivity index (χ0) is 12.8. The Labute approximate surface area is 104 Å². The van der Waals surface area contributed by atoms with Crippen molar-refractivity contribution in [3.8, 4) is 0 Å². The van der Waals surface area contributed by atoms with Gasteiger partial charge in [-0.15, -0.1) is 0 Å². The lowest BCUT2D eigenvalue weighted by molar-refractivity contribution is 0.627. The van der Waals surface area contributed by atoms with Crippen LogP contribution in [0.5, 0.6) is 0 Å². The maximum atomic E-state index is 13.0. The molecular weight excluding hydrogens is 229 g/mol. The third-order valence-corrected chi connectivity index (χ3v) is 2.39. The minimum absolute atomic E-state index is 0.277. The molecule has 0 saturated carbocycles. The van der Waals surface area contributed by atoms with Crippen molar-refractivity contribution >= 4 is 17.8 Å². The van der Waals surface area contributed by atoms with Gasteiger partial charge in [0.25, 0.3) is 0 Å². The van der Waals surface area contributed by atoms with Crippen molar-refractivity contribution < 1.29 is 4.39 Å². The first-order valence-electron chi connectivity index (χ1n) is 5.37. The summed E-state index contributed by atoms with van der Waals surface area (Å²) in [5.74, 6) is -0.277. The van der Waals surface area contributed by atoms with Gasteiger partial charge in [-0.2, -0.15) is 0 Å². The van der Waals surface area contributed by atoms with Crippen LogP contribution in [0.15, 0.2) is 53.6 Å². The molecule has 2 aromatic rings. The lowest BCUT2D eigenvalue weighted by atomic mass is 10.1. The molecule has 0 fully saturated rings. The van der Waals surface area contributed by atoms with E-state index < -0.39 is 0 Å². The Kier molecular flexibility index (Phi) is 3.74. The lowest BCUT2D eigenvalue weighted by Gasteiger charge is -1.98. The largest absolute Gasteiger partial charge is 0.207 e. The average Bonchev–Trinajstić information content (AvgIpc) is 2.38. The minimum atomic E-state index is -0.277. The number of azide groups is 1. The molecule has 0 amide bonds. The van der Waals surface area contributed by atoms with Crippen LogP contribution in [0.1, 0.15) is 11.1 Å². The van der Waals surface area contributed by atoms with Gasteiger partial charge < -0.3 is 0 Å². The number of hydrogen-bond donors (Lipinski definition) is 0. The van der Waals surface area contributed by atoms with E-state index in [2.05, 4.69) is 10.0 Å². The van der Waals surface area contributed by atoms with Gasteiger partial charge in [0, 0.05) is 10.6 Å². The summed E-state index contributed by atoms with van der Waals surface area (Å²) in [4.78, 5) is 2.77. The van der Waals surface area contributed by atoms with E-state index in [1.165, 1.54) is 12.1 Å². The van der Waals surface area contributed by atoms with Crippen molar-refractivity contribution in [1.29, 1.82) is 0 Å². The topological polar surface area (TPSA) is 48.8 Å². The summed E-state index contributed by atoms with van der Waals surface area (Å²) in [7, 11) is 0. The molecule has 3 nitrogen and oxygen atoms in total. The van der Waals surface area contributed by atoms with E-state index in [4.69, 9.17) is 5.53 Å². The zero-order valence-electron chi connectivity index (χ0n) is 9.49. The second kappa shape index (κ2) is 5.66. The molecular formula is C14H10FN3. The fraction of sp³-hybridized carbons (Fsp3) is 0. The standard InChI is InChI=1S/C14H10FN3/c15-13-6-3-4-11(10-13)8-9-12-5-1-2-7-14(12)17-18-16/h1-10H/b9-8+. The molecule has 0 unspecified atom stereocenters. The highest BCUT2D eigenvalue weighted by Crippen LogP contribution is 2.21. The summed E-state index contributed by atoms with van der Waals surface area (Å²) in [5.41, 5.74) is 10.5. The Morgan fingerprint density at radius 2 is 1.89 bits per heavy atom. The third-order valence-electron chi connectivity index (χ3n) is 2.39. The van der Waals surface area contributed by atoms with Crippen molar-refractivity contribution in [2.75, 3.05) is 0 Å². The van der Waals surface area contributed by atoms with Gasteiger partial charge in [0.1, 0.15) is 5.82 Å². The summed E-state index contributed by atoms with van der Waals surface area (Å²) >= 11 is 0. The molecule has 0 aromatic heterocycles. The molecule has 0 spiro atoms. The van der Waals surface area contributed by atoms with Crippen molar-refractivity contribution in [2.45, 2.75) is 0 Å². The zero-order valence-corrected chi connectivity index (χ0v) is 9.49. The van der Waals surface area contributed by atoms with Gasteiger partial charge in [-0.25, -0.2) is 4.39 Å². The quantitative estimate of drug-likeness (QED) is 0.315. The average molecular weight is 239 g/mol. The van der Waals surface area contributed by atoms with Crippen molar-refractivity contribution in [3.63, 3.8) is 0 Å². The Hall–Kier alpha value is -2.58. The van der Waals surface area contributed by atoms with Crippen LogP contribution in [0.25, 0.3) is 22.6 Å². The Bertz CT molecular complexity index is 628. The fourth-order valence-electron chi connectivity index (χ4n) is 1.56. The molecule has 0 aliphatic rings. The van der Waals surface area contributed by atoms with Crippen LogP contribution >= 0.6 is 0 Å². The lowest BCUT2D eigenvalue weighted by Crippen LogP contribution is -1.76. The van der Waals surface area contributed by atoms with Crippen LogP contribution in [-0.4, -0.2) is 0 Å². The van der Waals surface area contributed by atoms with Gasteiger partial charge in [-0.05, 0) is 28.8 Å². The molecule has 0 atom stereocenters. The van der Waals surface area contributed by atoms with Gasteiger partial charge in [0.15, 0.2) is 0 Å². The second-order valence-corrected chi connectivity index (χ2v) is 3.64. The van der Waals surface area contributed by atoms with E-state index in [-0.39, 0.29) is 5.82 Å². The van der Waals surface area contributed by atoms with Crippen molar-refractivity contribution in [1.82, 2.24) is 0 Å². The van der Waals surface area contributed by atoms with E-state index in [1.807, 2.05) is 12.1 Å². The second-order valence-electron chi connectivity index (χ2n) is 3.64. The SMILES string of the molecule is [N-]=[N+]=Nc1ccccc1/C=C/c1cccc(F)c1. The molecule has 0 radical (unpaired) electrons. The van der Waals surface area contributed by atoms with Gasteiger partial charge in [0.2, 0.25) is 0 Å². The van der Waals surface area contributed by atoms with E-state index in [9.17, 15) is 4.39 Å². The molecule has 0 saturated heterocycles. The van der Waals surface area contributed by atoms with Crippen molar-refractivity contribution in [3.05, 3.63) is 75.9 Å². The molecule has 2 rings (SSSR count). The van der Waals surface area contributed by atoms with Crippen LogP contribution < -0.4 is 0 Å². The monoisotopic (exact) mass is 239 g/mol. The highest BCUT2D eigenvalue weighted by Gasteiger charge is 1.95. The summed E-state index contributed by atoms with van der Waals surface area (Å²) in [6, 6.07) is 13.5. The third kappa shape index (κ3) is 2.97. The molecule has 0 N–H and O–H groups in total. The van der Waals surface area contributed by atoms with E-state index in [0.29, 0.717) is 5.69 Å². The number of halogens is 1. The number of rotatable bonds is 3. The van der Waals surface area contributed by atoms with Gasteiger partial charge in [-0.1, -0.05) is 53.7 Å². The number of nitrogens with zero attached hydrogens (tertiary/aromatic N) is 3. The van der Waals surface area contributed by atoms with Gasteiger partial charge in [0.05, 0.1) is 0 Å². The highest BCUT2D eigenvalue weighted by molar-refractivity contribution is 5.75. The van der Waals surface area contributed by atoms with Crippen LogP contribution in [-0.2, 0) is 0 Å². The van der Waals surface area contributed by atoms with E-state index in [0.717, 1.165) is 11.1 Å². The van der Waals surface area contributed by atoms with Crippen LogP contribution in [0, 0.1) is 5.82 Å². The van der Waals surface area contributed by atoms with Crippen LogP contribution in [0.4, 0.5) is 10.1 Å². The van der Waals surface area contributed by atoms with Gasteiger partial charge in [-0.3, -0.25) is 0 Å². The molecule has 0 heterocycles. The summed E-state index contributed by atoms with van der Waals surface area (Å²) in [6.45, 7) is 0. The predicted octanol–water partition coefficient (Wildman–Crippen LogP) is 4.94. The maximum Gasteiger partial charge on any atom is 0.123 e. The Balaban J connectivity index is 2.31. The predicted molar refractivity (Wildman–Crippen MR) is 70.6 cm³/mol. The first kappa shape index (κ1) is 11.9. The Morgan fingerprint density at radius 3 is 2.67 bits per heavy atom. The molecule has 88 valence electrons. The highest BCUT2D eigenvalue weighted by atomic mass is 19.1. The number of hydrogen-bond acceptors (Lipinski definition) is 1. The smallest absolute Gasteiger partial charge is 0.123 e. The number of benzene rings is 2. The molecule has 0 aliphatic heterocycles. The molecule has 2 aromatic carbocycles. The first-order valence-corrected chi connectivity index (χ1v) is 5.37. The summed E-state index contributed by atoms with van der Waals surface area (Å²) in [5, 5.41) is 3.59. The van der Waals surface area contributed by atoms with Crippen molar-refractivity contribution in [2.24, 2.45) is 5.11 Å².